The highest BCUT2D eigenvalue weighted by atomic mass is 16.6. The van der Waals surface area contributed by atoms with Gasteiger partial charge in [0.05, 0.1) is 18.8 Å². The molecule has 4 heteroatoms. The Bertz CT molecular complexity index is 98.2. The van der Waals surface area contributed by atoms with E-state index in [-0.39, 0.29) is 18.8 Å². The zero-order valence-corrected chi connectivity index (χ0v) is 5.24. The summed E-state index contributed by atoms with van der Waals surface area (Å²) in [7, 11) is 0. The van der Waals surface area contributed by atoms with Gasteiger partial charge in [0.15, 0.2) is 0 Å². The van der Waals surface area contributed by atoms with Gasteiger partial charge in [-0.25, -0.2) is 0 Å². The Morgan fingerprint density at radius 1 is 1.67 bits per heavy atom. The number of hydrogen-bond acceptors (Lipinski definition) is 4. The maximum atomic E-state index is 8.76. The highest BCUT2D eigenvalue weighted by Gasteiger charge is 2.28. The molecule has 54 valence electrons. The van der Waals surface area contributed by atoms with E-state index in [1.54, 1.807) is 6.92 Å². The van der Waals surface area contributed by atoms with Crippen molar-refractivity contribution in [3.8, 4) is 0 Å². The van der Waals surface area contributed by atoms with Crippen LogP contribution in [0.1, 0.15) is 6.92 Å². The number of hydrogen-bond donors (Lipinski definition) is 3. The highest BCUT2D eigenvalue weighted by molar-refractivity contribution is 4.77. The first-order chi connectivity index (χ1) is 4.24. The molecule has 1 fully saturated rings. The van der Waals surface area contributed by atoms with Gasteiger partial charge in [-0.1, -0.05) is 0 Å². The van der Waals surface area contributed by atoms with E-state index in [0.717, 1.165) is 0 Å². The van der Waals surface area contributed by atoms with Crippen molar-refractivity contribution in [1.29, 1.82) is 0 Å². The van der Waals surface area contributed by atoms with Crippen LogP contribution in [0.3, 0.4) is 0 Å². The second-order valence-electron chi connectivity index (χ2n) is 2.15. The van der Waals surface area contributed by atoms with Crippen molar-refractivity contribution in [1.82, 2.24) is 5.32 Å². The minimum absolute atomic E-state index is 0.00176. The first-order valence-corrected chi connectivity index (χ1v) is 2.94. The Morgan fingerprint density at radius 3 is 2.56 bits per heavy atom. The summed E-state index contributed by atoms with van der Waals surface area (Å²) in [6.07, 6.45) is -1.01. The van der Waals surface area contributed by atoms with Gasteiger partial charge in [-0.05, 0) is 6.92 Å². The number of nitrogens with one attached hydrogen (secondary N) is 1. The molecule has 1 aliphatic heterocycles. The van der Waals surface area contributed by atoms with Crippen molar-refractivity contribution in [2.45, 2.75) is 25.5 Å². The summed E-state index contributed by atoms with van der Waals surface area (Å²) >= 11 is 0. The van der Waals surface area contributed by atoms with Crippen LogP contribution in [-0.4, -0.2) is 35.4 Å². The van der Waals surface area contributed by atoms with Gasteiger partial charge in [-0.2, -0.15) is 0 Å². The Hall–Kier alpha value is -0.160. The summed E-state index contributed by atoms with van der Waals surface area (Å²) in [5, 5.41) is 20.0. The predicted molar refractivity (Wildman–Crippen MR) is 30.6 cm³/mol. The summed E-state index contributed by atoms with van der Waals surface area (Å²) in [4.78, 5) is 0. The van der Waals surface area contributed by atoms with E-state index in [4.69, 9.17) is 14.9 Å². The molecular weight excluding hydrogens is 122 g/mol. The third kappa shape index (κ3) is 1.40. The van der Waals surface area contributed by atoms with Crippen LogP contribution in [0.15, 0.2) is 0 Å². The molecule has 1 unspecified atom stereocenters. The molecule has 0 radical (unpaired) electrons. The molecule has 0 aromatic carbocycles. The number of ether oxygens (including phenoxy) is 1. The average molecular weight is 133 g/mol. The molecule has 0 bridgehead atoms. The molecule has 0 aromatic rings. The zero-order chi connectivity index (χ0) is 6.85. The summed E-state index contributed by atoms with van der Waals surface area (Å²) in [6, 6.07) is -0.125. The fourth-order valence-electron chi connectivity index (χ4n) is 0.857. The third-order valence-corrected chi connectivity index (χ3v) is 1.46. The largest absolute Gasteiger partial charge is 0.395 e. The van der Waals surface area contributed by atoms with E-state index in [9.17, 15) is 0 Å². The van der Waals surface area contributed by atoms with E-state index in [1.807, 2.05) is 0 Å². The second kappa shape index (κ2) is 2.62. The Morgan fingerprint density at radius 2 is 2.33 bits per heavy atom. The van der Waals surface area contributed by atoms with Gasteiger partial charge >= 0.3 is 0 Å². The highest BCUT2D eigenvalue weighted by Crippen LogP contribution is 2.08. The van der Waals surface area contributed by atoms with Crippen LogP contribution in [0.25, 0.3) is 0 Å². The van der Waals surface area contributed by atoms with Crippen molar-refractivity contribution in [3.05, 3.63) is 0 Å². The first kappa shape index (κ1) is 6.95. The molecule has 4 nitrogen and oxygen atoms in total. The predicted octanol–water partition coefficient (Wildman–Crippen LogP) is -1.37. The number of rotatable bonds is 1. The summed E-state index contributed by atoms with van der Waals surface area (Å²) in [5.74, 6) is 0. The van der Waals surface area contributed by atoms with E-state index in [0.29, 0.717) is 0 Å². The van der Waals surface area contributed by atoms with Crippen molar-refractivity contribution >= 4 is 0 Å². The van der Waals surface area contributed by atoms with Gasteiger partial charge in [0, 0.05) is 0 Å². The van der Waals surface area contributed by atoms with Crippen LogP contribution >= 0.6 is 0 Å². The molecule has 0 aromatic heterocycles. The summed E-state index contributed by atoms with van der Waals surface area (Å²) < 4.78 is 4.85. The lowest BCUT2D eigenvalue weighted by Gasteiger charge is -2.07. The fourth-order valence-corrected chi connectivity index (χ4v) is 0.857. The zero-order valence-electron chi connectivity index (χ0n) is 5.24. The van der Waals surface area contributed by atoms with Crippen LogP contribution in [0.2, 0.25) is 0 Å². The SMILES string of the molecule is C[C@@H]1OC(O)N[C@@H]1CO. The maximum absolute atomic E-state index is 8.76. The van der Waals surface area contributed by atoms with Crippen molar-refractivity contribution in [2.24, 2.45) is 0 Å². The van der Waals surface area contributed by atoms with E-state index < -0.39 is 6.41 Å². The van der Waals surface area contributed by atoms with Crippen molar-refractivity contribution in [2.75, 3.05) is 6.61 Å². The third-order valence-electron chi connectivity index (χ3n) is 1.46. The molecule has 0 saturated carbocycles. The van der Waals surface area contributed by atoms with Gasteiger partial charge < -0.3 is 14.9 Å². The Balaban J connectivity index is 2.38. The molecule has 1 saturated heterocycles. The lowest BCUT2D eigenvalue weighted by molar-refractivity contribution is -0.0957. The molecule has 9 heavy (non-hydrogen) atoms. The van der Waals surface area contributed by atoms with Crippen molar-refractivity contribution < 1.29 is 14.9 Å². The van der Waals surface area contributed by atoms with E-state index in [2.05, 4.69) is 5.32 Å². The minimum atomic E-state index is -0.905. The molecule has 3 atom stereocenters. The molecule has 0 amide bonds. The second-order valence-corrected chi connectivity index (χ2v) is 2.15. The van der Waals surface area contributed by atoms with Gasteiger partial charge in [-0.15, -0.1) is 0 Å². The fraction of sp³-hybridized carbons (Fsp3) is 1.00. The summed E-state index contributed by atoms with van der Waals surface area (Å²) in [6.45, 7) is 1.79. The summed E-state index contributed by atoms with van der Waals surface area (Å²) in [5.41, 5.74) is 0. The van der Waals surface area contributed by atoms with Crippen LogP contribution in [0.5, 0.6) is 0 Å². The van der Waals surface area contributed by atoms with E-state index in [1.165, 1.54) is 0 Å². The van der Waals surface area contributed by atoms with E-state index >= 15 is 0 Å². The molecule has 0 spiro atoms. The quantitative estimate of drug-likeness (QED) is 0.413. The lowest BCUT2D eigenvalue weighted by atomic mass is 10.2. The van der Waals surface area contributed by atoms with Crippen LogP contribution < -0.4 is 5.32 Å². The monoisotopic (exact) mass is 133 g/mol. The topological polar surface area (TPSA) is 61.7 Å². The molecule has 1 rings (SSSR count). The average Bonchev–Trinajstić information content (AvgIpc) is 2.10. The standard InChI is InChI=1S/C5H11NO3/c1-3-4(2-7)6-5(8)9-3/h3-8H,2H2,1H3/t3-,4+,5?/m0/s1. The smallest absolute Gasteiger partial charge is 0.214 e. The number of aliphatic hydroxyl groups excluding tert-OH is 2. The first-order valence-electron chi connectivity index (χ1n) is 2.94. The van der Waals surface area contributed by atoms with Gasteiger partial charge in [0.2, 0.25) is 6.41 Å². The van der Waals surface area contributed by atoms with Crippen molar-refractivity contribution in [3.63, 3.8) is 0 Å². The van der Waals surface area contributed by atoms with Gasteiger partial charge in [0.1, 0.15) is 0 Å². The van der Waals surface area contributed by atoms with Gasteiger partial charge in [-0.3, -0.25) is 5.32 Å². The Kier molecular flexibility index (Phi) is 2.02. The van der Waals surface area contributed by atoms with Crippen LogP contribution in [0, 0.1) is 0 Å². The van der Waals surface area contributed by atoms with Crippen LogP contribution in [-0.2, 0) is 4.74 Å². The lowest BCUT2D eigenvalue weighted by Crippen LogP contribution is -2.35. The normalized spacial score (nSPS) is 43.7. The molecule has 1 heterocycles. The molecule has 3 N–H and O–H groups in total. The maximum Gasteiger partial charge on any atom is 0.214 e. The Labute approximate surface area is 53.4 Å². The molecule has 1 aliphatic rings. The van der Waals surface area contributed by atoms with Gasteiger partial charge in [0.25, 0.3) is 0 Å². The minimum Gasteiger partial charge on any atom is -0.395 e. The van der Waals surface area contributed by atoms with Crippen LogP contribution in [0.4, 0.5) is 0 Å². The number of aliphatic hydroxyl groups is 2. The molecule has 0 aliphatic carbocycles. The molecular formula is C5H11NO3.